The number of benzene rings is 4. The van der Waals surface area contributed by atoms with Gasteiger partial charge in [0.25, 0.3) is 11.8 Å². The van der Waals surface area contributed by atoms with Crippen molar-refractivity contribution in [2.45, 2.75) is 6.92 Å². The fourth-order valence-electron chi connectivity index (χ4n) is 4.26. The topological polar surface area (TPSA) is 63.7 Å². The second-order valence-corrected chi connectivity index (χ2v) is 8.30. The lowest BCUT2D eigenvalue weighted by Gasteiger charge is -2.28. The Hall–Kier alpha value is -4.77. The van der Waals surface area contributed by atoms with Gasteiger partial charge in [-0.2, -0.15) is 0 Å². The van der Waals surface area contributed by atoms with Crippen LogP contribution in [0, 0.1) is 0 Å². The molecule has 4 aromatic carbocycles. The lowest BCUT2D eigenvalue weighted by Crippen LogP contribution is -2.41. The van der Waals surface area contributed by atoms with Gasteiger partial charge in [0.2, 0.25) is 0 Å². The molecule has 0 saturated carbocycles. The number of rotatable bonds is 5. The fraction of sp³-hybridized carbons (Fsp3) is 0.0645. The molecular formula is C31H23NO4. The monoisotopic (exact) mass is 473 g/mol. The van der Waals surface area contributed by atoms with Crippen molar-refractivity contribution in [3.8, 4) is 11.1 Å². The first-order valence-corrected chi connectivity index (χ1v) is 11.7. The predicted octanol–water partition coefficient (Wildman–Crippen LogP) is 6.26. The first-order chi connectivity index (χ1) is 17.6. The molecule has 0 aliphatic carbocycles. The highest BCUT2D eigenvalue weighted by Crippen LogP contribution is 2.34. The van der Waals surface area contributed by atoms with Crippen LogP contribution >= 0.6 is 0 Å². The maximum atomic E-state index is 13.7. The van der Waals surface area contributed by atoms with Crippen molar-refractivity contribution < 1.29 is 19.1 Å². The molecule has 1 aliphatic heterocycles. The predicted molar refractivity (Wildman–Crippen MR) is 140 cm³/mol. The number of hydrogen-bond donors (Lipinski definition) is 0. The Kier molecular flexibility index (Phi) is 6.29. The van der Waals surface area contributed by atoms with Crippen molar-refractivity contribution in [2.75, 3.05) is 11.5 Å². The number of fused-ring (bicyclic) bond motifs is 1. The highest BCUT2D eigenvalue weighted by Gasteiger charge is 2.35. The second-order valence-electron chi connectivity index (χ2n) is 8.30. The molecule has 0 aromatic heterocycles. The van der Waals surface area contributed by atoms with E-state index in [0.29, 0.717) is 28.0 Å². The van der Waals surface area contributed by atoms with Gasteiger partial charge < -0.3 is 4.74 Å². The molecule has 1 aliphatic rings. The van der Waals surface area contributed by atoms with Crippen LogP contribution in [-0.4, -0.2) is 24.4 Å². The van der Waals surface area contributed by atoms with Gasteiger partial charge in [-0.25, -0.2) is 9.69 Å². The summed E-state index contributed by atoms with van der Waals surface area (Å²) < 4.78 is 5.03. The Morgan fingerprint density at radius 2 is 1.33 bits per heavy atom. The molecule has 2 amide bonds. The molecule has 0 radical (unpaired) electrons. The van der Waals surface area contributed by atoms with Crippen LogP contribution in [0.2, 0.25) is 0 Å². The van der Waals surface area contributed by atoms with Gasteiger partial charge in [-0.1, -0.05) is 72.8 Å². The summed E-state index contributed by atoms with van der Waals surface area (Å²) in [6.45, 7) is 2.00. The molecule has 36 heavy (non-hydrogen) atoms. The molecular weight excluding hydrogens is 450 g/mol. The lowest BCUT2D eigenvalue weighted by atomic mass is 9.91. The number of nitrogens with zero attached hydrogens (tertiary/aromatic N) is 1. The Morgan fingerprint density at radius 3 is 2.00 bits per heavy atom. The standard InChI is InChI=1S/C31H23NO4/c1-2-36-31(35)24-16-18-25(19-17-24)32-29(33)27-11-7-6-10-26(27)28(30(32)34)20-21-12-14-23(15-13-21)22-8-4-3-5-9-22/h3-20H,2H2,1H3/b28-20+. The SMILES string of the molecule is CCOC(=O)c1ccc(N2C(=O)/C(=C/c3ccc(-c4ccccc4)cc3)c3ccccc3C2=O)cc1. The Balaban J connectivity index is 1.52. The fourth-order valence-corrected chi connectivity index (χ4v) is 4.26. The van der Waals surface area contributed by atoms with E-state index in [1.165, 1.54) is 0 Å². The number of anilines is 1. The highest BCUT2D eigenvalue weighted by molar-refractivity contribution is 6.43. The quantitative estimate of drug-likeness (QED) is 0.195. The Morgan fingerprint density at radius 1 is 0.722 bits per heavy atom. The number of amides is 2. The van der Waals surface area contributed by atoms with Crippen LogP contribution in [0.4, 0.5) is 5.69 Å². The van der Waals surface area contributed by atoms with Gasteiger partial charge in [0, 0.05) is 11.1 Å². The van der Waals surface area contributed by atoms with E-state index in [1.807, 2.05) is 66.7 Å². The van der Waals surface area contributed by atoms with E-state index in [0.717, 1.165) is 21.6 Å². The van der Waals surface area contributed by atoms with Gasteiger partial charge in [-0.05, 0) is 65.6 Å². The first-order valence-electron chi connectivity index (χ1n) is 11.7. The smallest absolute Gasteiger partial charge is 0.338 e. The summed E-state index contributed by atoms with van der Waals surface area (Å²) in [5.74, 6) is -1.28. The normalized spacial score (nSPS) is 14.0. The van der Waals surface area contributed by atoms with E-state index < -0.39 is 17.8 Å². The number of carbonyl (C=O) groups is 3. The average Bonchev–Trinajstić information content (AvgIpc) is 2.92. The van der Waals surface area contributed by atoms with Crippen LogP contribution in [0.5, 0.6) is 0 Å². The van der Waals surface area contributed by atoms with E-state index in [4.69, 9.17) is 4.74 Å². The third-order valence-electron chi connectivity index (χ3n) is 6.05. The van der Waals surface area contributed by atoms with E-state index in [9.17, 15) is 14.4 Å². The minimum absolute atomic E-state index is 0.265. The summed E-state index contributed by atoms with van der Waals surface area (Å²) in [6, 6.07) is 31.4. The highest BCUT2D eigenvalue weighted by atomic mass is 16.5. The summed E-state index contributed by atoms with van der Waals surface area (Å²) in [4.78, 5) is 40.2. The van der Waals surface area contributed by atoms with Crippen molar-refractivity contribution in [2.24, 2.45) is 0 Å². The van der Waals surface area contributed by atoms with Crippen LogP contribution in [0.3, 0.4) is 0 Å². The van der Waals surface area contributed by atoms with Crippen LogP contribution in [0.1, 0.15) is 38.8 Å². The van der Waals surface area contributed by atoms with Crippen molar-refractivity contribution in [3.05, 3.63) is 125 Å². The van der Waals surface area contributed by atoms with E-state index in [2.05, 4.69) is 0 Å². The largest absolute Gasteiger partial charge is 0.462 e. The zero-order valence-electron chi connectivity index (χ0n) is 19.7. The number of imide groups is 1. The van der Waals surface area contributed by atoms with Crippen LogP contribution < -0.4 is 4.90 Å². The molecule has 0 bridgehead atoms. The first kappa shape index (κ1) is 23.0. The maximum Gasteiger partial charge on any atom is 0.338 e. The Bertz CT molecular complexity index is 1470. The van der Waals surface area contributed by atoms with E-state index in [1.54, 1.807) is 49.4 Å². The second kappa shape index (κ2) is 9.84. The minimum atomic E-state index is -0.453. The molecule has 5 rings (SSSR count). The van der Waals surface area contributed by atoms with Crippen LogP contribution in [0.25, 0.3) is 22.8 Å². The number of ether oxygens (including phenoxy) is 1. The van der Waals surface area contributed by atoms with Crippen molar-refractivity contribution >= 4 is 35.1 Å². The minimum Gasteiger partial charge on any atom is -0.462 e. The maximum absolute atomic E-state index is 13.7. The average molecular weight is 474 g/mol. The van der Waals surface area contributed by atoms with Crippen molar-refractivity contribution in [1.29, 1.82) is 0 Å². The number of esters is 1. The van der Waals surface area contributed by atoms with E-state index in [-0.39, 0.29) is 6.61 Å². The summed E-state index contributed by atoms with van der Waals surface area (Å²) >= 11 is 0. The summed E-state index contributed by atoms with van der Waals surface area (Å²) in [6.07, 6.45) is 1.81. The molecule has 5 nitrogen and oxygen atoms in total. The van der Waals surface area contributed by atoms with Gasteiger partial charge in [0.1, 0.15) is 0 Å². The van der Waals surface area contributed by atoms with Gasteiger partial charge in [-0.15, -0.1) is 0 Å². The molecule has 0 fully saturated rings. The third kappa shape index (κ3) is 4.34. The molecule has 176 valence electrons. The summed E-state index contributed by atoms with van der Waals surface area (Å²) in [5, 5.41) is 0. The third-order valence-corrected chi connectivity index (χ3v) is 6.05. The van der Waals surface area contributed by atoms with Crippen molar-refractivity contribution in [1.82, 2.24) is 0 Å². The van der Waals surface area contributed by atoms with Crippen LogP contribution in [0.15, 0.2) is 103 Å². The molecule has 0 saturated heterocycles. The zero-order valence-corrected chi connectivity index (χ0v) is 19.7. The number of carbonyl (C=O) groups excluding carboxylic acids is 3. The molecule has 0 unspecified atom stereocenters. The number of hydrogen-bond acceptors (Lipinski definition) is 4. The zero-order chi connectivity index (χ0) is 25.1. The van der Waals surface area contributed by atoms with E-state index >= 15 is 0 Å². The molecule has 0 atom stereocenters. The lowest BCUT2D eigenvalue weighted by molar-refractivity contribution is -0.112. The summed E-state index contributed by atoms with van der Waals surface area (Å²) in [7, 11) is 0. The molecule has 5 heteroatoms. The molecule has 0 spiro atoms. The molecule has 4 aromatic rings. The van der Waals surface area contributed by atoms with Crippen LogP contribution in [-0.2, 0) is 9.53 Å². The van der Waals surface area contributed by atoms with Gasteiger partial charge in [0.15, 0.2) is 0 Å². The van der Waals surface area contributed by atoms with Gasteiger partial charge in [-0.3, -0.25) is 9.59 Å². The summed E-state index contributed by atoms with van der Waals surface area (Å²) in [5.41, 5.74) is 5.24. The molecule has 1 heterocycles. The Labute approximate surface area is 209 Å². The van der Waals surface area contributed by atoms with Crippen molar-refractivity contribution in [3.63, 3.8) is 0 Å². The van der Waals surface area contributed by atoms with Gasteiger partial charge >= 0.3 is 5.97 Å². The van der Waals surface area contributed by atoms with Gasteiger partial charge in [0.05, 0.1) is 17.9 Å². The molecule has 0 N–H and O–H groups in total.